The molecule has 3 aromatic rings. The second kappa shape index (κ2) is 5.20. The lowest BCUT2D eigenvalue weighted by Crippen LogP contribution is -1.97. The molecule has 0 unspecified atom stereocenters. The van der Waals surface area contributed by atoms with Gasteiger partial charge in [0.15, 0.2) is 5.82 Å². The highest BCUT2D eigenvalue weighted by atomic mass is 35.5. The Kier molecular flexibility index (Phi) is 3.51. The molecule has 106 valence electrons. The normalized spacial score (nSPS) is 11.1. The zero-order valence-corrected chi connectivity index (χ0v) is 12.3. The van der Waals surface area contributed by atoms with Crippen LogP contribution in [-0.4, -0.2) is 9.97 Å². The highest BCUT2D eigenvalue weighted by Crippen LogP contribution is 2.32. The summed E-state index contributed by atoms with van der Waals surface area (Å²) >= 11 is 12.0. The van der Waals surface area contributed by atoms with Gasteiger partial charge in [0, 0.05) is 0 Å². The van der Waals surface area contributed by atoms with Crippen molar-refractivity contribution in [2.45, 2.75) is 6.92 Å². The van der Waals surface area contributed by atoms with Gasteiger partial charge >= 0.3 is 0 Å². The molecule has 21 heavy (non-hydrogen) atoms. The van der Waals surface area contributed by atoms with Crippen molar-refractivity contribution in [3.63, 3.8) is 0 Å². The van der Waals surface area contributed by atoms with Crippen molar-refractivity contribution in [2.24, 2.45) is 0 Å². The monoisotopic (exact) mass is 324 g/mol. The molecule has 3 rings (SSSR count). The molecule has 0 radical (unpaired) electrons. The molecule has 0 spiro atoms. The van der Waals surface area contributed by atoms with Gasteiger partial charge in [-0.3, -0.25) is 0 Å². The van der Waals surface area contributed by atoms with Crippen LogP contribution in [0.1, 0.15) is 5.56 Å². The van der Waals surface area contributed by atoms with Gasteiger partial charge in [-0.05, 0) is 30.7 Å². The lowest BCUT2D eigenvalue weighted by molar-refractivity contribution is 0.620. The Morgan fingerprint density at radius 1 is 1.00 bits per heavy atom. The Balaban J connectivity index is 2.36. The molecule has 2 aromatic carbocycles. The van der Waals surface area contributed by atoms with Crippen molar-refractivity contribution in [1.82, 2.24) is 9.97 Å². The Morgan fingerprint density at radius 3 is 2.52 bits per heavy atom. The van der Waals surface area contributed by atoms with Crippen LogP contribution in [0.25, 0.3) is 22.3 Å². The average Bonchev–Trinajstić information content (AvgIpc) is 2.45. The minimum absolute atomic E-state index is 0.0135. The number of fused-ring (bicyclic) bond motifs is 1. The number of benzene rings is 2. The standard InChI is InChI=1S/C15H8Cl2F2N2/c1-7-3-2-4-8(12(7)19)15-20-13-10(18)6-5-9(16)11(13)14(17)21-15/h2-6H,1H3. The van der Waals surface area contributed by atoms with E-state index in [1.54, 1.807) is 19.1 Å². The fraction of sp³-hybridized carbons (Fsp3) is 0.0667. The largest absolute Gasteiger partial charge is 0.225 e. The van der Waals surface area contributed by atoms with Crippen molar-refractivity contribution >= 4 is 34.1 Å². The third kappa shape index (κ3) is 2.34. The van der Waals surface area contributed by atoms with Crippen molar-refractivity contribution < 1.29 is 8.78 Å². The van der Waals surface area contributed by atoms with Gasteiger partial charge in [0.05, 0.1) is 16.0 Å². The summed E-state index contributed by atoms with van der Waals surface area (Å²) in [5.74, 6) is -1.03. The van der Waals surface area contributed by atoms with Crippen LogP contribution in [0.2, 0.25) is 10.2 Å². The van der Waals surface area contributed by atoms with Crippen LogP contribution in [-0.2, 0) is 0 Å². The molecule has 2 nitrogen and oxygen atoms in total. The number of hydrogen-bond acceptors (Lipinski definition) is 2. The molecular weight excluding hydrogens is 317 g/mol. The van der Waals surface area contributed by atoms with Crippen LogP contribution < -0.4 is 0 Å². The zero-order chi connectivity index (χ0) is 15.1. The van der Waals surface area contributed by atoms with Gasteiger partial charge < -0.3 is 0 Å². The maximum absolute atomic E-state index is 14.2. The first kappa shape index (κ1) is 14.2. The summed E-state index contributed by atoms with van der Waals surface area (Å²) < 4.78 is 28.1. The summed E-state index contributed by atoms with van der Waals surface area (Å²) in [6.07, 6.45) is 0. The minimum atomic E-state index is -0.590. The number of halogens is 4. The average molecular weight is 325 g/mol. The molecular formula is C15H8Cl2F2N2. The lowest BCUT2D eigenvalue weighted by Gasteiger charge is -2.08. The number of nitrogens with zero attached hydrogens (tertiary/aromatic N) is 2. The number of aryl methyl sites for hydroxylation is 1. The van der Waals surface area contributed by atoms with Gasteiger partial charge in [-0.25, -0.2) is 18.7 Å². The minimum Gasteiger partial charge on any atom is -0.225 e. The topological polar surface area (TPSA) is 25.8 Å². The molecule has 1 aromatic heterocycles. The molecule has 6 heteroatoms. The molecule has 0 saturated carbocycles. The number of hydrogen-bond donors (Lipinski definition) is 0. The van der Waals surface area contributed by atoms with Gasteiger partial charge in [-0.2, -0.15) is 0 Å². The Morgan fingerprint density at radius 2 is 1.76 bits per heavy atom. The molecule has 0 aliphatic rings. The molecule has 0 amide bonds. The second-order valence-electron chi connectivity index (χ2n) is 4.53. The third-order valence-corrected chi connectivity index (χ3v) is 3.73. The smallest absolute Gasteiger partial charge is 0.164 e. The predicted octanol–water partition coefficient (Wildman–Crippen LogP) is 5.19. The third-order valence-electron chi connectivity index (χ3n) is 3.14. The first-order valence-electron chi connectivity index (χ1n) is 6.06. The molecule has 1 heterocycles. The lowest BCUT2D eigenvalue weighted by atomic mass is 10.1. The molecule has 0 N–H and O–H groups in total. The zero-order valence-electron chi connectivity index (χ0n) is 10.8. The second-order valence-corrected chi connectivity index (χ2v) is 5.29. The van der Waals surface area contributed by atoms with E-state index in [9.17, 15) is 8.78 Å². The SMILES string of the molecule is Cc1cccc(-c2nc(Cl)c3c(Cl)ccc(F)c3n2)c1F. The Labute approximate surface area is 129 Å². The van der Waals surface area contributed by atoms with Crippen LogP contribution in [0, 0.1) is 18.6 Å². The maximum Gasteiger partial charge on any atom is 0.164 e. The van der Waals surface area contributed by atoms with Crippen LogP contribution >= 0.6 is 23.2 Å². The van der Waals surface area contributed by atoms with Gasteiger partial charge in [-0.15, -0.1) is 0 Å². The van der Waals surface area contributed by atoms with Crippen LogP contribution in [0.4, 0.5) is 8.78 Å². The summed E-state index contributed by atoms with van der Waals surface area (Å²) in [6, 6.07) is 7.37. The van der Waals surface area contributed by atoms with E-state index in [0.717, 1.165) is 0 Å². The van der Waals surface area contributed by atoms with Gasteiger partial charge in [0.2, 0.25) is 0 Å². The highest BCUT2D eigenvalue weighted by molar-refractivity contribution is 6.41. The van der Waals surface area contributed by atoms with Crippen molar-refractivity contribution in [3.05, 3.63) is 57.7 Å². The van der Waals surface area contributed by atoms with Crippen molar-refractivity contribution in [3.8, 4) is 11.4 Å². The first-order valence-corrected chi connectivity index (χ1v) is 6.81. The molecule has 0 fully saturated rings. The van der Waals surface area contributed by atoms with E-state index in [0.29, 0.717) is 5.56 Å². The molecule has 0 aliphatic carbocycles. The van der Waals surface area contributed by atoms with E-state index < -0.39 is 11.6 Å². The van der Waals surface area contributed by atoms with Crippen LogP contribution in [0.5, 0.6) is 0 Å². The van der Waals surface area contributed by atoms with E-state index in [1.807, 2.05) is 0 Å². The molecule has 0 aliphatic heterocycles. The van der Waals surface area contributed by atoms with E-state index in [4.69, 9.17) is 23.2 Å². The Bertz CT molecular complexity index is 866. The number of rotatable bonds is 1. The van der Waals surface area contributed by atoms with E-state index in [1.165, 1.54) is 18.2 Å². The van der Waals surface area contributed by atoms with Crippen LogP contribution in [0.3, 0.4) is 0 Å². The Hall–Kier alpha value is -1.78. The molecule has 0 bridgehead atoms. The fourth-order valence-corrected chi connectivity index (χ4v) is 2.63. The van der Waals surface area contributed by atoms with Crippen molar-refractivity contribution in [1.29, 1.82) is 0 Å². The maximum atomic E-state index is 14.2. The van der Waals surface area contributed by atoms with E-state index >= 15 is 0 Å². The van der Waals surface area contributed by atoms with Gasteiger partial charge in [0.25, 0.3) is 0 Å². The molecule has 0 atom stereocenters. The summed E-state index contributed by atoms with van der Waals surface area (Å²) in [6.45, 7) is 1.62. The predicted molar refractivity (Wildman–Crippen MR) is 79.6 cm³/mol. The highest BCUT2D eigenvalue weighted by Gasteiger charge is 2.16. The van der Waals surface area contributed by atoms with E-state index in [-0.39, 0.29) is 32.5 Å². The van der Waals surface area contributed by atoms with Gasteiger partial charge in [0.1, 0.15) is 22.3 Å². The number of aromatic nitrogens is 2. The summed E-state index contributed by atoms with van der Waals surface area (Å²) in [7, 11) is 0. The summed E-state index contributed by atoms with van der Waals surface area (Å²) in [4.78, 5) is 8.11. The fourth-order valence-electron chi connectivity index (χ4n) is 2.07. The summed E-state index contributed by atoms with van der Waals surface area (Å²) in [5, 5.41) is 0.447. The quantitative estimate of drug-likeness (QED) is 0.575. The molecule has 0 saturated heterocycles. The van der Waals surface area contributed by atoms with Crippen molar-refractivity contribution in [2.75, 3.05) is 0 Å². The van der Waals surface area contributed by atoms with Gasteiger partial charge in [-0.1, -0.05) is 35.3 Å². The summed E-state index contributed by atoms with van der Waals surface area (Å²) in [5.41, 5.74) is 0.579. The van der Waals surface area contributed by atoms with E-state index in [2.05, 4.69) is 9.97 Å². The van der Waals surface area contributed by atoms with Crippen LogP contribution in [0.15, 0.2) is 30.3 Å². The first-order chi connectivity index (χ1) is 9.99.